The van der Waals surface area contributed by atoms with E-state index in [1.807, 2.05) is 0 Å². The lowest BCUT2D eigenvalue weighted by Crippen LogP contribution is -2.10. The molecule has 0 aromatic carbocycles. The van der Waals surface area contributed by atoms with Crippen LogP contribution in [0.3, 0.4) is 0 Å². The minimum absolute atomic E-state index is 0.308. The zero-order valence-electron chi connectivity index (χ0n) is 7.69. The zero-order chi connectivity index (χ0) is 11.9. The van der Waals surface area contributed by atoms with Crippen LogP contribution in [-0.2, 0) is 6.18 Å². The van der Waals surface area contributed by atoms with Crippen molar-refractivity contribution in [3.63, 3.8) is 0 Å². The number of carboxylic acids is 1. The van der Waals surface area contributed by atoms with Gasteiger partial charge in [0.1, 0.15) is 5.65 Å². The third kappa shape index (κ3) is 1.60. The Bertz CT molecular complexity index is 559. The highest BCUT2D eigenvalue weighted by Gasteiger charge is 2.34. The molecule has 0 spiro atoms. The lowest BCUT2D eigenvalue weighted by molar-refractivity contribution is -0.136. The smallest absolute Gasteiger partial charge is 0.420 e. The van der Waals surface area contributed by atoms with E-state index in [-0.39, 0.29) is 5.65 Å². The van der Waals surface area contributed by atoms with Crippen LogP contribution in [0, 0.1) is 0 Å². The van der Waals surface area contributed by atoms with Crippen molar-refractivity contribution in [3.8, 4) is 0 Å². The molecule has 0 atom stereocenters. The van der Waals surface area contributed by atoms with Gasteiger partial charge in [0.25, 0.3) is 0 Å². The number of aromatic carboxylic acids is 1. The van der Waals surface area contributed by atoms with Crippen LogP contribution in [0.15, 0.2) is 24.7 Å². The molecular weight excluding hydrogens is 225 g/mol. The van der Waals surface area contributed by atoms with E-state index in [0.717, 1.165) is 10.6 Å². The SMILES string of the molecule is O=C(O)c1cc(C(F)(F)F)c2nccn2c1. The van der Waals surface area contributed by atoms with E-state index in [0.29, 0.717) is 6.07 Å². The number of halogens is 3. The molecule has 0 saturated heterocycles. The molecule has 2 aromatic rings. The van der Waals surface area contributed by atoms with Crippen LogP contribution in [-0.4, -0.2) is 20.5 Å². The van der Waals surface area contributed by atoms with Gasteiger partial charge in [0.2, 0.25) is 0 Å². The maximum atomic E-state index is 12.6. The van der Waals surface area contributed by atoms with Crippen molar-refractivity contribution in [3.05, 3.63) is 35.8 Å². The minimum Gasteiger partial charge on any atom is -0.478 e. The number of hydrogen-bond acceptors (Lipinski definition) is 2. The average Bonchev–Trinajstić information content (AvgIpc) is 2.61. The summed E-state index contributed by atoms with van der Waals surface area (Å²) >= 11 is 0. The van der Waals surface area contributed by atoms with E-state index in [1.54, 1.807) is 0 Å². The number of carboxylic acid groups (broad SMARTS) is 1. The first-order valence-electron chi connectivity index (χ1n) is 4.17. The molecule has 0 bridgehead atoms. The fourth-order valence-electron chi connectivity index (χ4n) is 1.36. The molecule has 1 N–H and O–H groups in total. The molecule has 0 radical (unpaired) electrons. The lowest BCUT2D eigenvalue weighted by atomic mass is 10.2. The second-order valence-corrected chi connectivity index (χ2v) is 3.10. The molecule has 0 fully saturated rings. The van der Waals surface area contributed by atoms with Crippen LogP contribution in [0.2, 0.25) is 0 Å². The van der Waals surface area contributed by atoms with E-state index >= 15 is 0 Å². The number of fused-ring (bicyclic) bond motifs is 1. The van der Waals surface area contributed by atoms with Crippen LogP contribution in [0.5, 0.6) is 0 Å². The molecule has 0 aliphatic carbocycles. The van der Waals surface area contributed by atoms with Gasteiger partial charge in [0.15, 0.2) is 0 Å². The molecule has 0 saturated carbocycles. The van der Waals surface area contributed by atoms with Gasteiger partial charge >= 0.3 is 12.1 Å². The van der Waals surface area contributed by atoms with Crippen molar-refractivity contribution in [1.29, 1.82) is 0 Å². The Morgan fingerprint density at radius 1 is 1.44 bits per heavy atom. The Labute approximate surface area is 87.0 Å². The van der Waals surface area contributed by atoms with E-state index in [1.165, 1.54) is 12.4 Å². The largest absolute Gasteiger partial charge is 0.478 e. The topological polar surface area (TPSA) is 54.6 Å². The number of alkyl halides is 3. The van der Waals surface area contributed by atoms with Crippen molar-refractivity contribution >= 4 is 11.6 Å². The second-order valence-electron chi connectivity index (χ2n) is 3.10. The van der Waals surface area contributed by atoms with Gasteiger partial charge in [0.05, 0.1) is 11.1 Å². The third-order valence-electron chi connectivity index (χ3n) is 2.04. The summed E-state index contributed by atoms with van der Waals surface area (Å²) in [5.74, 6) is -1.42. The van der Waals surface area contributed by atoms with Crippen molar-refractivity contribution in [2.45, 2.75) is 6.18 Å². The number of aromatic nitrogens is 2. The molecular formula is C9H5F3N2O2. The first-order valence-corrected chi connectivity index (χ1v) is 4.17. The Morgan fingerprint density at radius 2 is 2.12 bits per heavy atom. The van der Waals surface area contributed by atoms with E-state index < -0.39 is 23.3 Å². The Kier molecular flexibility index (Phi) is 2.11. The van der Waals surface area contributed by atoms with Crippen molar-refractivity contribution in [2.75, 3.05) is 0 Å². The van der Waals surface area contributed by atoms with E-state index in [9.17, 15) is 18.0 Å². The molecule has 2 aromatic heterocycles. The number of nitrogens with zero attached hydrogens (tertiary/aromatic N) is 2. The molecule has 84 valence electrons. The molecule has 0 amide bonds. The average molecular weight is 230 g/mol. The van der Waals surface area contributed by atoms with Crippen molar-refractivity contribution in [1.82, 2.24) is 9.38 Å². The fraction of sp³-hybridized carbons (Fsp3) is 0.111. The van der Waals surface area contributed by atoms with Crippen LogP contribution >= 0.6 is 0 Å². The molecule has 2 heterocycles. The Hall–Kier alpha value is -2.05. The standard InChI is InChI=1S/C9H5F3N2O2/c10-9(11,12)6-3-5(8(15)16)4-14-2-1-13-7(6)14/h1-4H,(H,15,16). The summed E-state index contributed by atoms with van der Waals surface area (Å²) in [6, 6.07) is 0.574. The fourth-order valence-corrected chi connectivity index (χ4v) is 1.36. The zero-order valence-corrected chi connectivity index (χ0v) is 7.69. The summed E-state index contributed by atoms with van der Waals surface area (Å²) in [6.07, 6.45) is -1.11. The molecule has 2 rings (SSSR count). The number of pyridine rings is 1. The van der Waals surface area contributed by atoms with Gasteiger partial charge in [-0.25, -0.2) is 9.78 Å². The van der Waals surface area contributed by atoms with Gasteiger partial charge in [-0.3, -0.25) is 0 Å². The van der Waals surface area contributed by atoms with Crippen molar-refractivity contribution in [2.24, 2.45) is 0 Å². The number of rotatable bonds is 1. The first-order chi connectivity index (χ1) is 7.39. The second kappa shape index (κ2) is 3.22. The number of carbonyl (C=O) groups is 1. The van der Waals surface area contributed by atoms with Crippen LogP contribution in [0.4, 0.5) is 13.2 Å². The quantitative estimate of drug-likeness (QED) is 0.815. The number of imidazole rings is 1. The number of hydrogen-bond donors (Lipinski definition) is 1. The third-order valence-corrected chi connectivity index (χ3v) is 2.04. The first kappa shape index (κ1) is 10.5. The van der Waals surface area contributed by atoms with Crippen LogP contribution in [0.25, 0.3) is 5.65 Å². The van der Waals surface area contributed by atoms with E-state index in [2.05, 4.69) is 4.98 Å². The monoisotopic (exact) mass is 230 g/mol. The van der Waals surface area contributed by atoms with Gasteiger partial charge in [-0.15, -0.1) is 0 Å². The maximum Gasteiger partial charge on any atom is 0.420 e. The van der Waals surface area contributed by atoms with E-state index in [4.69, 9.17) is 5.11 Å². The summed E-state index contributed by atoms with van der Waals surface area (Å²) in [6.45, 7) is 0. The summed E-state index contributed by atoms with van der Waals surface area (Å²) < 4.78 is 38.8. The Morgan fingerprint density at radius 3 is 2.69 bits per heavy atom. The minimum atomic E-state index is -4.63. The predicted octanol–water partition coefficient (Wildman–Crippen LogP) is 2.05. The highest BCUT2D eigenvalue weighted by Crippen LogP contribution is 2.32. The predicted molar refractivity (Wildman–Crippen MR) is 47.2 cm³/mol. The highest BCUT2D eigenvalue weighted by molar-refractivity contribution is 5.88. The van der Waals surface area contributed by atoms with Gasteiger partial charge in [0, 0.05) is 18.6 Å². The Balaban J connectivity index is 2.79. The summed E-state index contributed by atoms with van der Waals surface area (Å²) in [5.41, 5.74) is -1.80. The summed E-state index contributed by atoms with van der Waals surface area (Å²) in [4.78, 5) is 14.2. The van der Waals surface area contributed by atoms with Gasteiger partial charge in [-0.2, -0.15) is 13.2 Å². The van der Waals surface area contributed by atoms with Gasteiger partial charge in [-0.05, 0) is 6.07 Å². The molecule has 7 heteroatoms. The van der Waals surface area contributed by atoms with Gasteiger partial charge in [-0.1, -0.05) is 0 Å². The summed E-state index contributed by atoms with van der Waals surface area (Å²) in [5, 5.41) is 8.67. The molecule has 0 unspecified atom stereocenters. The van der Waals surface area contributed by atoms with Crippen LogP contribution in [0.1, 0.15) is 15.9 Å². The molecule has 0 aliphatic rings. The van der Waals surface area contributed by atoms with Crippen LogP contribution < -0.4 is 0 Å². The maximum absolute atomic E-state index is 12.6. The lowest BCUT2D eigenvalue weighted by Gasteiger charge is -2.09. The van der Waals surface area contributed by atoms with Crippen molar-refractivity contribution < 1.29 is 23.1 Å². The van der Waals surface area contributed by atoms with Gasteiger partial charge < -0.3 is 9.51 Å². The summed E-state index contributed by atoms with van der Waals surface area (Å²) in [7, 11) is 0. The molecule has 16 heavy (non-hydrogen) atoms. The highest BCUT2D eigenvalue weighted by atomic mass is 19.4. The normalized spacial score (nSPS) is 11.9. The molecule has 4 nitrogen and oxygen atoms in total. The molecule has 0 aliphatic heterocycles.